The summed E-state index contributed by atoms with van der Waals surface area (Å²) in [5.74, 6) is -1.74. The van der Waals surface area contributed by atoms with E-state index in [1.807, 2.05) is 0 Å². The second kappa shape index (κ2) is 5.16. The molecule has 3 heterocycles. The van der Waals surface area contributed by atoms with Crippen molar-refractivity contribution in [2.24, 2.45) is 7.05 Å². The first-order valence-corrected chi connectivity index (χ1v) is 7.27. The Hall–Kier alpha value is -2.69. The number of carbonyl (C=O) groups is 1. The number of fused-ring (bicyclic) bond motifs is 1. The zero-order valence-corrected chi connectivity index (χ0v) is 13.1. The Morgan fingerprint density at radius 1 is 1.46 bits per heavy atom. The molecule has 11 heteroatoms. The Bertz CT molecular complexity index is 958. The van der Waals surface area contributed by atoms with Crippen LogP contribution in [0.3, 0.4) is 0 Å². The topological polar surface area (TPSA) is 109 Å². The molecule has 126 valence electrons. The SMILES string of the molecule is Cc1cc(C(F)(F)F)nc2sc(C(=O)c3c([O-])on[n+]3C)c(N)c12. The number of halogens is 3. The molecule has 0 radical (unpaired) electrons. The number of hydrogen-bond acceptors (Lipinski definition) is 7. The number of thiophene rings is 1. The lowest BCUT2D eigenvalue weighted by Crippen LogP contribution is -2.37. The third-order valence-electron chi connectivity index (χ3n) is 3.37. The number of nitrogen functional groups attached to an aromatic ring is 1. The Kier molecular flexibility index (Phi) is 3.48. The van der Waals surface area contributed by atoms with Gasteiger partial charge in [-0.15, -0.1) is 11.3 Å². The average Bonchev–Trinajstić information content (AvgIpc) is 2.98. The molecule has 0 aliphatic carbocycles. The molecule has 0 aliphatic heterocycles. The van der Waals surface area contributed by atoms with Crippen LogP contribution < -0.4 is 15.5 Å². The van der Waals surface area contributed by atoms with Gasteiger partial charge in [0.15, 0.2) is 13.0 Å². The summed E-state index contributed by atoms with van der Waals surface area (Å²) in [5, 5.41) is 15.1. The van der Waals surface area contributed by atoms with Crippen LogP contribution in [-0.4, -0.2) is 16.0 Å². The molecule has 0 aliphatic rings. The molecule has 3 aromatic heterocycles. The van der Waals surface area contributed by atoms with Crippen molar-refractivity contribution in [2.45, 2.75) is 13.1 Å². The van der Waals surface area contributed by atoms with E-state index in [9.17, 15) is 23.1 Å². The minimum atomic E-state index is -4.62. The van der Waals surface area contributed by atoms with Gasteiger partial charge in [-0.25, -0.2) is 4.98 Å². The smallest absolute Gasteiger partial charge is 0.433 e. The van der Waals surface area contributed by atoms with Gasteiger partial charge in [0.05, 0.1) is 11.0 Å². The molecule has 0 unspecified atom stereocenters. The van der Waals surface area contributed by atoms with E-state index in [1.165, 1.54) is 14.0 Å². The molecule has 24 heavy (non-hydrogen) atoms. The van der Waals surface area contributed by atoms with Gasteiger partial charge < -0.3 is 15.4 Å². The fraction of sp³-hybridized carbons (Fsp3) is 0.231. The molecule has 7 nitrogen and oxygen atoms in total. The third kappa shape index (κ3) is 2.37. The fourth-order valence-electron chi connectivity index (χ4n) is 2.29. The van der Waals surface area contributed by atoms with Gasteiger partial charge >= 0.3 is 11.9 Å². The number of nitrogens with two attached hydrogens (primary N) is 1. The van der Waals surface area contributed by atoms with E-state index in [4.69, 9.17) is 5.73 Å². The van der Waals surface area contributed by atoms with Gasteiger partial charge in [-0.2, -0.15) is 13.2 Å². The van der Waals surface area contributed by atoms with Crippen molar-refractivity contribution in [3.63, 3.8) is 0 Å². The summed E-state index contributed by atoms with van der Waals surface area (Å²) < 4.78 is 43.9. The summed E-state index contributed by atoms with van der Waals surface area (Å²) >= 11 is 0.685. The number of hydrogen-bond donors (Lipinski definition) is 1. The molecule has 2 N–H and O–H groups in total. The van der Waals surface area contributed by atoms with Crippen LogP contribution in [0.4, 0.5) is 18.9 Å². The number of ketones is 1. The van der Waals surface area contributed by atoms with Crippen molar-refractivity contribution in [2.75, 3.05) is 5.73 Å². The van der Waals surface area contributed by atoms with Crippen molar-refractivity contribution in [3.8, 4) is 5.95 Å². The van der Waals surface area contributed by atoms with Crippen molar-refractivity contribution < 1.29 is 32.3 Å². The van der Waals surface area contributed by atoms with E-state index < -0.39 is 23.6 Å². The van der Waals surface area contributed by atoms with Crippen molar-refractivity contribution in [3.05, 3.63) is 27.9 Å². The summed E-state index contributed by atoms with van der Waals surface area (Å²) in [6, 6.07) is 0.859. The van der Waals surface area contributed by atoms with Crippen molar-refractivity contribution >= 4 is 33.0 Å². The highest BCUT2D eigenvalue weighted by molar-refractivity contribution is 7.21. The van der Waals surface area contributed by atoms with Crippen LogP contribution in [0.25, 0.3) is 10.2 Å². The van der Waals surface area contributed by atoms with Crippen LogP contribution in [0, 0.1) is 6.92 Å². The van der Waals surface area contributed by atoms with Gasteiger partial charge in [0.25, 0.3) is 5.78 Å². The molecule has 3 aromatic rings. The first kappa shape index (κ1) is 16.2. The van der Waals surface area contributed by atoms with Crippen LogP contribution in [0.2, 0.25) is 0 Å². The predicted octanol–water partition coefficient (Wildman–Crippen LogP) is 1.32. The highest BCUT2D eigenvalue weighted by atomic mass is 32.1. The van der Waals surface area contributed by atoms with E-state index in [0.29, 0.717) is 11.3 Å². The Balaban J connectivity index is 2.22. The molecule has 0 saturated heterocycles. The van der Waals surface area contributed by atoms with E-state index in [2.05, 4.69) is 14.8 Å². The number of nitrogens with zero attached hydrogens (tertiary/aromatic N) is 3. The van der Waals surface area contributed by atoms with Crippen molar-refractivity contribution in [1.82, 2.24) is 10.3 Å². The number of rotatable bonds is 2. The summed E-state index contributed by atoms with van der Waals surface area (Å²) in [7, 11) is 1.33. The van der Waals surface area contributed by atoms with Gasteiger partial charge in [-0.3, -0.25) is 4.79 Å². The summed E-state index contributed by atoms with van der Waals surface area (Å²) in [6.45, 7) is 1.44. The Morgan fingerprint density at radius 2 is 2.12 bits per heavy atom. The molecule has 0 saturated carbocycles. The number of carbonyl (C=O) groups excluding carboxylic acids is 1. The first-order valence-electron chi connectivity index (χ1n) is 6.45. The lowest BCUT2D eigenvalue weighted by molar-refractivity contribution is -0.741. The highest BCUT2D eigenvalue weighted by Gasteiger charge is 2.35. The second-order valence-electron chi connectivity index (χ2n) is 5.01. The zero-order chi connectivity index (χ0) is 17.8. The average molecular weight is 358 g/mol. The number of alkyl halides is 3. The van der Waals surface area contributed by atoms with Gasteiger partial charge in [0.2, 0.25) is 0 Å². The molecule has 0 fully saturated rings. The van der Waals surface area contributed by atoms with E-state index in [0.717, 1.165) is 10.7 Å². The number of pyridine rings is 1. The maximum atomic E-state index is 12.9. The quantitative estimate of drug-likeness (QED) is 0.547. The summed E-state index contributed by atoms with van der Waals surface area (Å²) in [4.78, 5) is 15.9. The van der Waals surface area contributed by atoms with Crippen LogP contribution in [-0.2, 0) is 13.2 Å². The minimum absolute atomic E-state index is 0.0284. The lowest BCUT2D eigenvalue weighted by Gasteiger charge is -2.07. The first-order chi connectivity index (χ1) is 11.1. The summed E-state index contributed by atoms with van der Waals surface area (Å²) in [6.07, 6.45) is -4.62. The summed E-state index contributed by atoms with van der Waals surface area (Å²) in [5.41, 5.74) is 4.67. The Labute approximate surface area is 136 Å². The zero-order valence-electron chi connectivity index (χ0n) is 12.3. The highest BCUT2D eigenvalue weighted by Crippen LogP contribution is 2.39. The standard InChI is InChI=1S/C13H9F3N4O3S/c1-4-3-5(13(14,15)16)18-11-6(4)7(17)10(24-11)9(21)8-12(22)23-19-20(8)2/h3H,1-2H3,(H2-,17,19,21,22). The van der Waals surface area contributed by atoms with Crippen LogP contribution in [0.1, 0.15) is 26.6 Å². The van der Waals surface area contributed by atoms with Crippen molar-refractivity contribution in [1.29, 1.82) is 0 Å². The molecule has 3 rings (SSSR count). The lowest BCUT2D eigenvalue weighted by atomic mass is 10.1. The van der Waals surface area contributed by atoms with E-state index in [-0.39, 0.29) is 32.0 Å². The molecule has 0 spiro atoms. The molecular weight excluding hydrogens is 349 g/mol. The monoisotopic (exact) mass is 358 g/mol. The number of aryl methyl sites for hydroxylation is 2. The largest absolute Gasteiger partial charge is 0.539 e. The molecule has 0 bridgehead atoms. The van der Waals surface area contributed by atoms with Gasteiger partial charge in [0.1, 0.15) is 15.4 Å². The minimum Gasteiger partial charge on any atom is -0.539 e. The number of anilines is 1. The molecular formula is C13H9F3N4O3S. The molecule has 0 amide bonds. The predicted molar refractivity (Wildman–Crippen MR) is 74.3 cm³/mol. The van der Waals surface area contributed by atoms with Crippen LogP contribution in [0.15, 0.2) is 10.6 Å². The normalized spacial score (nSPS) is 12.0. The third-order valence-corrected chi connectivity index (χ3v) is 4.47. The van der Waals surface area contributed by atoms with Gasteiger partial charge in [-0.1, -0.05) is 4.68 Å². The Morgan fingerprint density at radius 3 is 2.67 bits per heavy atom. The number of aromatic nitrogens is 3. The van der Waals surface area contributed by atoms with Gasteiger partial charge in [0, 0.05) is 5.39 Å². The molecule has 0 aromatic carbocycles. The van der Waals surface area contributed by atoms with Crippen LogP contribution >= 0.6 is 11.3 Å². The maximum Gasteiger partial charge on any atom is 0.433 e. The second-order valence-corrected chi connectivity index (χ2v) is 6.01. The van der Waals surface area contributed by atoms with Gasteiger partial charge in [-0.05, 0) is 18.6 Å². The molecule has 0 atom stereocenters. The van der Waals surface area contributed by atoms with E-state index >= 15 is 0 Å². The fourth-order valence-corrected chi connectivity index (χ4v) is 3.40. The maximum absolute atomic E-state index is 12.9. The van der Waals surface area contributed by atoms with E-state index in [1.54, 1.807) is 0 Å². The van der Waals surface area contributed by atoms with Crippen LogP contribution in [0.5, 0.6) is 5.95 Å².